The SMILES string of the molecule is CCC(C)c1cn2c(C)cc(C)nc2n1. The highest BCUT2D eigenvalue weighted by Crippen LogP contribution is 2.18. The van der Waals surface area contributed by atoms with Crippen molar-refractivity contribution in [3.8, 4) is 0 Å². The van der Waals surface area contributed by atoms with Crippen molar-refractivity contribution in [2.24, 2.45) is 0 Å². The Morgan fingerprint density at radius 3 is 2.73 bits per heavy atom. The fourth-order valence-corrected chi connectivity index (χ4v) is 1.74. The Hall–Kier alpha value is -1.38. The lowest BCUT2D eigenvalue weighted by molar-refractivity contribution is 0.713. The molecule has 2 heterocycles. The number of hydrogen-bond donors (Lipinski definition) is 0. The second-order valence-electron chi connectivity index (χ2n) is 4.18. The van der Waals surface area contributed by atoms with Crippen LogP contribution < -0.4 is 0 Å². The van der Waals surface area contributed by atoms with Gasteiger partial charge in [-0.15, -0.1) is 0 Å². The summed E-state index contributed by atoms with van der Waals surface area (Å²) in [6.45, 7) is 8.47. The van der Waals surface area contributed by atoms with E-state index in [1.54, 1.807) is 0 Å². The summed E-state index contributed by atoms with van der Waals surface area (Å²) in [6, 6.07) is 2.08. The first-order chi connectivity index (χ1) is 7.11. The first kappa shape index (κ1) is 10.1. The second kappa shape index (κ2) is 3.65. The van der Waals surface area contributed by atoms with Crippen LogP contribution in [0.4, 0.5) is 0 Å². The minimum atomic E-state index is 0.506. The van der Waals surface area contributed by atoms with E-state index >= 15 is 0 Å². The van der Waals surface area contributed by atoms with Crippen LogP contribution >= 0.6 is 0 Å². The lowest BCUT2D eigenvalue weighted by Crippen LogP contribution is -1.94. The van der Waals surface area contributed by atoms with Crippen molar-refractivity contribution in [2.45, 2.75) is 40.0 Å². The highest BCUT2D eigenvalue weighted by Gasteiger charge is 2.10. The molecular weight excluding hydrogens is 186 g/mol. The van der Waals surface area contributed by atoms with Gasteiger partial charge in [0.15, 0.2) is 0 Å². The summed E-state index contributed by atoms with van der Waals surface area (Å²) in [5, 5.41) is 0. The largest absolute Gasteiger partial charge is 0.288 e. The molecular formula is C12H17N3. The van der Waals surface area contributed by atoms with Crippen LogP contribution in [-0.4, -0.2) is 14.4 Å². The number of aromatic nitrogens is 3. The van der Waals surface area contributed by atoms with E-state index in [9.17, 15) is 0 Å². The molecule has 3 nitrogen and oxygen atoms in total. The summed E-state index contributed by atoms with van der Waals surface area (Å²) in [4.78, 5) is 8.98. The molecule has 3 heteroatoms. The summed E-state index contributed by atoms with van der Waals surface area (Å²) >= 11 is 0. The number of hydrogen-bond acceptors (Lipinski definition) is 2. The van der Waals surface area contributed by atoms with E-state index in [0.717, 1.165) is 23.6 Å². The molecule has 15 heavy (non-hydrogen) atoms. The molecule has 0 bridgehead atoms. The van der Waals surface area contributed by atoms with Crippen LogP contribution in [0.2, 0.25) is 0 Å². The van der Waals surface area contributed by atoms with Crippen molar-refractivity contribution in [3.63, 3.8) is 0 Å². The van der Waals surface area contributed by atoms with Gasteiger partial charge in [-0.2, -0.15) is 0 Å². The van der Waals surface area contributed by atoms with Crippen molar-refractivity contribution in [2.75, 3.05) is 0 Å². The summed E-state index contributed by atoms with van der Waals surface area (Å²) < 4.78 is 2.06. The van der Waals surface area contributed by atoms with E-state index in [1.807, 2.05) is 6.92 Å². The molecule has 0 aliphatic heterocycles. The van der Waals surface area contributed by atoms with Gasteiger partial charge in [0.1, 0.15) is 0 Å². The van der Waals surface area contributed by atoms with Gasteiger partial charge in [-0.1, -0.05) is 13.8 Å². The Labute approximate surface area is 90.2 Å². The van der Waals surface area contributed by atoms with E-state index in [1.165, 1.54) is 5.69 Å². The summed E-state index contributed by atoms with van der Waals surface area (Å²) in [6.07, 6.45) is 3.22. The topological polar surface area (TPSA) is 30.2 Å². The Morgan fingerprint density at radius 2 is 2.07 bits per heavy atom. The molecule has 2 aromatic heterocycles. The molecule has 0 saturated heterocycles. The molecule has 0 N–H and O–H groups in total. The molecule has 0 aliphatic carbocycles. The maximum Gasteiger partial charge on any atom is 0.234 e. The average molecular weight is 203 g/mol. The monoisotopic (exact) mass is 203 g/mol. The predicted octanol–water partition coefficient (Wildman–Crippen LogP) is 2.86. The highest BCUT2D eigenvalue weighted by molar-refractivity contribution is 5.35. The molecule has 0 aliphatic rings. The molecule has 0 aromatic carbocycles. The molecule has 1 atom stereocenters. The number of imidazole rings is 1. The molecule has 2 rings (SSSR count). The number of nitrogens with zero attached hydrogens (tertiary/aromatic N) is 3. The van der Waals surface area contributed by atoms with E-state index in [4.69, 9.17) is 0 Å². The van der Waals surface area contributed by atoms with E-state index < -0.39 is 0 Å². The maximum absolute atomic E-state index is 4.56. The lowest BCUT2D eigenvalue weighted by Gasteiger charge is -2.01. The average Bonchev–Trinajstić information content (AvgIpc) is 2.60. The van der Waals surface area contributed by atoms with Crippen LogP contribution in [0.1, 0.15) is 43.3 Å². The summed E-state index contributed by atoms with van der Waals surface area (Å²) in [5.41, 5.74) is 3.36. The van der Waals surface area contributed by atoms with E-state index in [2.05, 4.69) is 47.4 Å². The first-order valence-corrected chi connectivity index (χ1v) is 5.45. The third kappa shape index (κ3) is 1.74. The Kier molecular flexibility index (Phi) is 2.47. The zero-order chi connectivity index (χ0) is 11.0. The van der Waals surface area contributed by atoms with Crippen LogP contribution in [-0.2, 0) is 0 Å². The molecule has 0 spiro atoms. The standard InChI is InChI=1S/C12H17N3/c1-5-8(2)11-7-15-10(4)6-9(3)13-12(15)14-11/h6-8H,5H2,1-4H3. The zero-order valence-electron chi connectivity index (χ0n) is 9.78. The van der Waals surface area contributed by atoms with Gasteiger partial charge < -0.3 is 0 Å². The van der Waals surface area contributed by atoms with Crippen LogP contribution in [0, 0.1) is 13.8 Å². The molecule has 1 unspecified atom stereocenters. The zero-order valence-corrected chi connectivity index (χ0v) is 9.78. The molecule has 0 saturated carbocycles. The van der Waals surface area contributed by atoms with Crippen LogP contribution in [0.3, 0.4) is 0 Å². The van der Waals surface area contributed by atoms with Crippen LogP contribution in [0.5, 0.6) is 0 Å². The van der Waals surface area contributed by atoms with Crippen LogP contribution in [0.15, 0.2) is 12.3 Å². The van der Waals surface area contributed by atoms with Gasteiger partial charge >= 0.3 is 0 Å². The molecule has 0 fully saturated rings. The Morgan fingerprint density at radius 1 is 1.33 bits per heavy atom. The minimum absolute atomic E-state index is 0.506. The summed E-state index contributed by atoms with van der Waals surface area (Å²) in [7, 11) is 0. The van der Waals surface area contributed by atoms with Crippen molar-refractivity contribution in [3.05, 3.63) is 29.3 Å². The molecule has 0 amide bonds. The fraction of sp³-hybridized carbons (Fsp3) is 0.500. The lowest BCUT2D eigenvalue weighted by atomic mass is 10.1. The van der Waals surface area contributed by atoms with Gasteiger partial charge in [-0.25, -0.2) is 9.97 Å². The van der Waals surface area contributed by atoms with Gasteiger partial charge in [0.2, 0.25) is 5.78 Å². The minimum Gasteiger partial charge on any atom is -0.288 e. The van der Waals surface area contributed by atoms with Gasteiger partial charge in [-0.3, -0.25) is 4.40 Å². The Bertz CT molecular complexity index is 485. The second-order valence-corrected chi connectivity index (χ2v) is 4.18. The maximum atomic E-state index is 4.56. The van der Waals surface area contributed by atoms with Crippen molar-refractivity contribution < 1.29 is 0 Å². The van der Waals surface area contributed by atoms with Crippen molar-refractivity contribution in [1.29, 1.82) is 0 Å². The quantitative estimate of drug-likeness (QED) is 0.751. The van der Waals surface area contributed by atoms with E-state index in [0.29, 0.717) is 5.92 Å². The smallest absolute Gasteiger partial charge is 0.234 e. The highest BCUT2D eigenvalue weighted by atomic mass is 15.1. The van der Waals surface area contributed by atoms with E-state index in [-0.39, 0.29) is 0 Å². The van der Waals surface area contributed by atoms with Gasteiger partial charge in [0.05, 0.1) is 5.69 Å². The first-order valence-electron chi connectivity index (χ1n) is 5.45. The molecule has 2 aromatic rings. The normalized spacial score (nSPS) is 13.3. The molecule has 0 radical (unpaired) electrons. The summed E-state index contributed by atoms with van der Waals surface area (Å²) in [5.74, 6) is 1.33. The predicted molar refractivity (Wildman–Crippen MR) is 61.2 cm³/mol. The van der Waals surface area contributed by atoms with Gasteiger partial charge in [0.25, 0.3) is 0 Å². The fourth-order valence-electron chi connectivity index (χ4n) is 1.74. The van der Waals surface area contributed by atoms with Crippen molar-refractivity contribution in [1.82, 2.24) is 14.4 Å². The van der Waals surface area contributed by atoms with Gasteiger partial charge in [0, 0.05) is 17.6 Å². The van der Waals surface area contributed by atoms with Crippen molar-refractivity contribution >= 4 is 5.78 Å². The number of rotatable bonds is 2. The third-order valence-electron chi connectivity index (χ3n) is 2.90. The number of fused-ring (bicyclic) bond motifs is 1. The number of aryl methyl sites for hydroxylation is 2. The Balaban J connectivity index is 2.60. The van der Waals surface area contributed by atoms with Gasteiger partial charge in [-0.05, 0) is 32.3 Å². The third-order valence-corrected chi connectivity index (χ3v) is 2.90. The van der Waals surface area contributed by atoms with Crippen LogP contribution in [0.25, 0.3) is 5.78 Å². The molecule has 80 valence electrons.